The van der Waals surface area contributed by atoms with E-state index in [-0.39, 0.29) is 0 Å². The summed E-state index contributed by atoms with van der Waals surface area (Å²) in [6.07, 6.45) is 0. The van der Waals surface area contributed by atoms with Gasteiger partial charge in [-0.1, -0.05) is 164 Å². The summed E-state index contributed by atoms with van der Waals surface area (Å²) in [5.74, 6) is 0. The third-order valence-corrected chi connectivity index (χ3v) is 10.0. The average Bonchev–Trinajstić information content (AvgIpc) is 3.25. The molecule has 1 heteroatoms. The van der Waals surface area contributed by atoms with Gasteiger partial charge in [0.15, 0.2) is 0 Å². The average molecular weight is 676 g/mol. The van der Waals surface area contributed by atoms with Crippen molar-refractivity contribution in [2.75, 3.05) is 4.90 Å². The maximum absolute atomic E-state index is 2.36. The van der Waals surface area contributed by atoms with Gasteiger partial charge in [-0.2, -0.15) is 0 Å². The summed E-state index contributed by atoms with van der Waals surface area (Å²) in [5.41, 5.74) is 15.3. The number of fused-ring (bicyclic) bond motifs is 1. The summed E-state index contributed by atoms with van der Waals surface area (Å²) in [7, 11) is 0. The molecule has 9 aromatic carbocycles. The van der Waals surface area contributed by atoms with Crippen LogP contribution in [0.5, 0.6) is 0 Å². The van der Waals surface area contributed by atoms with Crippen LogP contribution >= 0.6 is 0 Å². The first-order valence-electron chi connectivity index (χ1n) is 18.2. The van der Waals surface area contributed by atoms with Crippen molar-refractivity contribution in [3.8, 4) is 55.6 Å². The van der Waals surface area contributed by atoms with Gasteiger partial charge >= 0.3 is 0 Å². The molecule has 0 radical (unpaired) electrons. The monoisotopic (exact) mass is 675 g/mol. The van der Waals surface area contributed by atoms with Crippen molar-refractivity contribution in [3.63, 3.8) is 0 Å². The van der Waals surface area contributed by atoms with E-state index in [1.807, 2.05) is 0 Å². The first-order valence-corrected chi connectivity index (χ1v) is 18.2. The molecule has 0 unspecified atom stereocenters. The lowest BCUT2D eigenvalue weighted by Crippen LogP contribution is -2.10. The lowest BCUT2D eigenvalue weighted by molar-refractivity contribution is 1.28. The number of nitrogens with zero attached hydrogens (tertiary/aromatic N) is 1. The number of benzene rings is 9. The first-order chi connectivity index (χ1) is 26.2. The second-order valence-electron chi connectivity index (χ2n) is 13.4. The zero-order valence-corrected chi connectivity index (χ0v) is 29.3. The van der Waals surface area contributed by atoms with Crippen molar-refractivity contribution in [1.29, 1.82) is 0 Å². The lowest BCUT2D eigenvalue weighted by atomic mass is 9.93. The molecule has 250 valence electrons. The van der Waals surface area contributed by atoms with Crippen molar-refractivity contribution in [2.24, 2.45) is 0 Å². The summed E-state index contributed by atoms with van der Waals surface area (Å²) >= 11 is 0. The van der Waals surface area contributed by atoms with Gasteiger partial charge in [0.05, 0.1) is 0 Å². The second kappa shape index (κ2) is 14.3. The predicted octanol–water partition coefficient (Wildman–Crippen LogP) is 14.6. The highest BCUT2D eigenvalue weighted by Gasteiger charge is 2.15. The molecule has 9 aromatic rings. The number of hydrogen-bond donors (Lipinski definition) is 0. The SMILES string of the molecule is c1ccc(-c2ccc(N(c3ccc(-c4cc(-c5ccccc5)cc(-c5ccccc5)c4)cc3)c3cccc(-c4ccc5ccccc5c4)c3)cc2)cc1. The molecular weight excluding hydrogens is 639 g/mol. The molecule has 0 N–H and O–H groups in total. The van der Waals surface area contributed by atoms with Gasteiger partial charge in [0.1, 0.15) is 0 Å². The molecular formula is C52H37N. The Morgan fingerprint density at radius 2 is 0.566 bits per heavy atom. The topological polar surface area (TPSA) is 3.24 Å². The maximum Gasteiger partial charge on any atom is 0.0467 e. The molecule has 0 atom stereocenters. The number of anilines is 3. The van der Waals surface area contributed by atoms with Gasteiger partial charge < -0.3 is 4.90 Å². The van der Waals surface area contributed by atoms with E-state index >= 15 is 0 Å². The quantitative estimate of drug-likeness (QED) is 0.155. The van der Waals surface area contributed by atoms with Gasteiger partial charge in [-0.05, 0) is 127 Å². The first kappa shape index (κ1) is 32.0. The highest BCUT2D eigenvalue weighted by molar-refractivity contribution is 5.89. The van der Waals surface area contributed by atoms with Crippen LogP contribution in [-0.2, 0) is 0 Å². The van der Waals surface area contributed by atoms with E-state index in [2.05, 4.69) is 229 Å². The van der Waals surface area contributed by atoms with Crippen LogP contribution in [0.4, 0.5) is 17.1 Å². The summed E-state index contributed by atoms with van der Waals surface area (Å²) < 4.78 is 0. The molecule has 9 rings (SSSR count). The molecule has 0 saturated carbocycles. The van der Waals surface area contributed by atoms with Crippen LogP contribution in [-0.4, -0.2) is 0 Å². The van der Waals surface area contributed by atoms with Crippen LogP contribution in [0.3, 0.4) is 0 Å². The minimum Gasteiger partial charge on any atom is -0.310 e. The highest BCUT2D eigenvalue weighted by atomic mass is 15.1. The highest BCUT2D eigenvalue weighted by Crippen LogP contribution is 2.40. The summed E-state index contributed by atoms with van der Waals surface area (Å²) in [5, 5.41) is 2.49. The van der Waals surface area contributed by atoms with Gasteiger partial charge in [-0.15, -0.1) is 0 Å². The molecule has 0 saturated heterocycles. The van der Waals surface area contributed by atoms with E-state index < -0.39 is 0 Å². The van der Waals surface area contributed by atoms with E-state index in [0.29, 0.717) is 0 Å². The summed E-state index contributed by atoms with van der Waals surface area (Å²) in [6, 6.07) is 80.9. The van der Waals surface area contributed by atoms with Crippen LogP contribution in [0, 0.1) is 0 Å². The zero-order valence-electron chi connectivity index (χ0n) is 29.3. The molecule has 0 aromatic heterocycles. The van der Waals surface area contributed by atoms with Crippen molar-refractivity contribution < 1.29 is 0 Å². The number of rotatable bonds is 8. The minimum atomic E-state index is 1.10. The van der Waals surface area contributed by atoms with E-state index in [1.165, 1.54) is 66.4 Å². The summed E-state index contributed by atoms with van der Waals surface area (Å²) in [6.45, 7) is 0. The molecule has 0 aliphatic carbocycles. The van der Waals surface area contributed by atoms with Crippen molar-refractivity contribution in [1.82, 2.24) is 0 Å². The van der Waals surface area contributed by atoms with Crippen LogP contribution < -0.4 is 4.90 Å². The fraction of sp³-hybridized carbons (Fsp3) is 0. The molecule has 0 aliphatic heterocycles. The van der Waals surface area contributed by atoms with Gasteiger partial charge in [0, 0.05) is 17.1 Å². The van der Waals surface area contributed by atoms with Crippen LogP contribution in [0.25, 0.3) is 66.4 Å². The molecule has 0 spiro atoms. The minimum absolute atomic E-state index is 1.10. The Hall–Kier alpha value is -6.96. The third-order valence-electron chi connectivity index (χ3n) is 10.0. The van der Waals surface area contributed by atoms with Gasteiger partial charge in [-0.3, -0.25) is 0 Å². The van der Waals surface area contributed by atoms with Crippen molar-refractivity contribution in [2.45, 2.75) is 0 Å². The molecule has 0 amide bonds. The Kier molecular flexibility index (Phi) is 8.66. The van der Waals surface area contributed by atoms with Crippen molar-refractivity contribution in [3.05, 3.63) is 224 Å². The van der Waals surface area contributed by atoms with E-state index in [9.17, 15) is 0 Å². The smallest absolute Gasteiger partial charge is 0.0467 e. The van der Waals surface area contributed by atoms with E-state index in [1.54, 1.807) is 0 Å². The van der Waals surface area contributed by atoms with Crippen LogP contribution in [0.15, 0.2) is 224 Å². The van der Waals surface area contributed by atoms with Gasteiger partial charge in [0.25, 0.3) is 0 Å². The Morgan fingerprint density at radius 3 is 1.09 bits per heavy atom. The standard InChI is InChI=1S/C52H37N/c1-4-13-38(14-5-1)42-25-29-50(30-26-42)53(52-22-12-21-45(37-52)46-24-23-41-19-10-11-20-44(41)33-46)51-31-27-43(28-32-51)49-35-47(39-15-6-2-7-16-39)34-48(36-49)40-17-8-3-9-18-40/h1-37H. The maximum atomic E-state index is 2.36. The normalized spacial score (nSPS) is 11.0. The molecule has 0 fully saturated rings. The fourth-order valence-corrected chi connectivity index (χ4v) is 7.27. The fourth-order valence-electron chi connectivity index (χ4n) is 7.27. The Bertz CT molecular complexity index is 2570. The third kappa shape index (κ3) is 6.77. The zero-order chi connectivity index (χ0) is 35.4. The van der Waals surface area contributed by atoms with E-state index in [4.69, 9.17) is 0 Å². The van der Waals surface area contributed by atoms with Gasteiger partial charge in [-0.25, -0.2) is 0 Å². The Balaban J connectivity index is 1.13. The molecule has 1 nitrogen and oxygen atoms in total. The molecule has 0 aliphatic rings. The van der Waals surface area contributed by atoms with Crippen LogP contribution in [0.1, 0.15) is 0 Å². The lowest BCUT2D eigenvalue weighted by Gasteiger charge is -2.26. The summed E-state index contributed by atoms with van der Waals surface area (Å²) in [4.78, 5) is 2.36. The predicted molar refractivity (Wildman–Crippen MR) is 226 cm³/mol. The van der Waals surface area contributed by atoms with Crippen molar-refractivity contribution >= 4 is 27.8 Å². The Labute approximate surface area is 311 Å². The largest absolute Gasteiger partial charge is 0.310 e. The van der Waals surface area contributed by atoms with Gasteiger partial charge in [0.2, 0.25) is 0 Å². The molecule has 0 heterocycles. The Morgan fingerprint density at radius 1 is 0.189 bits per heavy atom. The second-order valence-corrected chi connectivity index (χ2v) is 13.4. The molecule has 53 heavy (non-hydrogen) atoms. The number of hydrogen-bond acceptors (Lipinski definition) is 1. The molecule has 0 bridgehead atoms. The van der Waals surface area contributed by atoms with E-state index in [0.717, 1.165) is 17.1 Å². The van der Waals surface area contributed by atoms with Crippen LogP contribution in [0.2, 0.25) is 0 Å².